The van der Waals surface area contributed by atoms with Crippen LogP contribution in [0, 0.1) is 23.2 Å². The van der Waals surface area contributed by atoms with Crippen LogP contribution in [0.1, 0.15) is 38.5 Å². The van der Waals surface area contributed by atoms with Gasteiger partial charge in [0.05, 0.1) is 13.6 Å². The Morgan fingerprint density at radius 3 is 1.62 bits per heavy atom. The molecule has 122 valence electrons. The molecule has 0 N–H and O–H groups in total. The third-order valence-electron chi connectivity index (χ3n) is 5.68. The largest absolute Gasteiger partial charge is 0.411 e. The van der Waals surface area contributed by atoms with Crippen LogP contribution < -0.4 is 0 Å². The normalized spacial score (nSPS) is 41.1. The molecule has 0 amide bonds. The lowest BCUT2D eigenvalue weighted by Crippen LogP contribution is -2.53. The smallest absolute Gasteiger partial charge is 0.184 e. The highest BCUT2D eigenvalue weighted by atomic mass is 31.3. The van der Waals surface area contributed by atoms with Crippen molar-refractivity contribution >= 4 is 24.2 Å². The summed E-state index contributed by atoms with van der Waals surface area (Å²) in [4.78, 5) is 0. The first-order valence-corrected chi connectivity index (χ1v) is 18.0. The maximum atomic E-state index is 6.88. The maximum Gasteiger partial charge on any atom is 0.184 e. The Balaban J connectivity index is 1.84. The molecule has 1 nitrogen and oxygen atoms in total. The average molecular weight is 343 g/mol. The highest BCUT2D eigenvalue weighted by molar-refractivity contribution is 7.81. The van der Waals surface area contributed by atoms with Crippen LogP contribution in [0.15, 0.2) is 0 Å². The van der Waals surface area contributed by atoms with E-state index in [9.17, 15) is 0 Å². The minimum atomic E-state index is -1.44. The summed E-state index contributed by atoms with van der Waals surface area (Å²) in [6.45, 7) is 14.8. The highest BCUT2D eigenvalue weighted by Crippen LogP contribution is 2.64. The van der Waals surface area contributed by atoms with Crippen molar-refractivity contribution in [2.45, 2.75) is 83.7 Å². The Morgan fingerprint density at radius 2 is 1.29 bits per heavy atom. The van der Waals surface area contributed by atoms with Crippen molar-refractivity contribution in [1.82, 2.24) is 0 Å². The second-order valence-electron chi connectivity index (χ2n) is 10.3. The third kappa shape index (κ3) is 3.84. The van der Waals surface area contributed by atoms with Gasteiger partial charge in [-0.25, -0.2) is 0 Å². The molecule has 4 heteroatoms. The summed E-state index contributed by atoms with van der Waals surface area (Å²) >= 11 is 0. The minimum absolute atomic E-state index is 0.591. The van der Waals surface area contributed by atoms with Crippen molar-refractivity contribution in [2.75, 3.05) is 0 Å². The van der Waals surface area contributed by atoms with E-state index in [1.807, 2.05) is 0 Å². The van der Waals surface area contributed by atoms with Crippen molar-refractivity contribution in [3.63, 3.8) is 0 Å². The molecular formula is C17H35OPSi2. The first-order chi connectivity index (χ1) is 9.55. The molecule has 4 rings (SSSR count). The van der Waals surface area contributed by atoms with Gasteiger partial charge in [-0.2, -0.15) is 0 Å². The molecule has 4 bridgehead atoms. The summed E-state index contributed by atoms with van der Waals surface area (Å²) < 4.78 is 6.88. The number of hydrogen-bond acceptors (Lipinski definition) is 1. The van der Waals surface area contributed by atoms with E-state index in [2.05, 4.69) is 39.3 Å². The molecule has 2 unspecified atom stereocenters. The molecule has 0 saturated heterocycles. The molecule has 0 aliphatic heterocycles. The molecule has 4 saturated carbocycles. The van der Waals surface area contributed by atoms with Gasteiger partial charge in [-0.15, -0.1) is 8.13 Å². The number of hydrogen-bond donors (Lipinski definition) is 0. The van der Waals surface area contributed by atoms with Gasteiger partial charge in [-0.05, 0) is 81.3 Å². The van der Waals surface area contributed by atoms with Crippen LogP contribution in [0.2, 0.25) is 39.3 Å². The van der Waals surface area contributed by atoms with Gasteiger partial charge in [0.1, 0.15) is 0 Å². The number of rotatable bonds is 5. The van der Waals surface area contributed by atoms with Gasteiger partial charge in [-0.1, -0.05) is 19.6 Å². The molecular weight excluding hydrogens is 307 g/mol. The second kappa shape index (κ2) is 5.43. The van der Waals surface area contributed by atoms with E-state index in [0.717, 1.165) is 25.9 Å². The van der Waals surface area contributed by atoms with E-state index in [-0.39, 0.29) is 0 Å². The Hall–Kier alpha value is 0.824. The summed E-state index contributed by atoms with van der Waals surface area (Å²) in [5.74, 6) is 3.77. The van der Waals surface area contributed by atoms with Crippen LogP contribution in [0.3, 0.4) is 0 Å². The van der Waals surface area contributed by atoms with Crippen molar-refractivity contribution in [2.24, 2.45) is 23.2 Å². The van der Waals surface area contributed by atoms with Crippen LogP contribution in [-0.4, -0.2) is 21.9 Å². The van der Waals surface area contributed by atoms with Gasteiger partial charge in [0.25, 0.3) is 0 Å². The van der Waals surface area contributed by atoms with E-state index < -0.39 is 16.1 Å². The van der Waals surface area contributed by atoms with E-state index in [1.165, 1.54) is 19.3 Å². The predicted octanol–water partition coefficient (Wildman–Crippen LogP) is 5.89. The van der Waals surface area contributed by atoms with Gasteiger partial charge in [0.2, 0.25) is 0 Å². The quantitative estimate of drug-likeness (QED) is 0.447. The van der Waals surface area contributed by atoms with Crippen LogP contribution in [0.5, 0.6) is 0 Å². The molecule has 0 aromatic rings. The fraction of sp³-hybridized carbons (Fsp3) is 1.00. The van der Waals surface area contributed by atoms with Crippen molar-refractivity contribution in [1.29, 1.82) is 0 Å². The zero-order valence-electron chi connectivity index (χ0n) is 15.0. The average Bonchev–Trinajstić information content (AvgIpc) is 2.21. The molecule has 21 heavy (non-hydrogen) atoms. The van der Waals surface area contributed by atoms with Crippen molar-refractivity contribution in [3.8, 4) is 0 Å². The summed E-state index contributed by atoms with van der Waals surface area (Å²) in [6, 6.07) is 0. The topological polar surface area (TPSA) is 9.23 Å². The zero-order valence-corrected chi connectivity index (χ0v) is 18.0. The SMILES string of the molecule is C[Si](C)(C)OC(P[Si](C)(C)C)C12CC3CC(CC(C3)C1)C2. The molecule has 0 spiro atoms. The molecule has 0 aromatic heterocycles. The van der Waals surface area contributed by atoms with E-state index >= 15 is 0 Å². The monoisotopic (exact) mass is 342 g/mol. The predicted molar refractivity (Wildman–Crippen MR) is 100 cm³/mol. The summed E-state index contributed by atoms with van der Waals surface area (Å²) in [6.07, 6.45) is 9.17. The minimum Gasteiger partial charge on any atom is -0.411 e. The lowest BCUT2D eigenvalue weighted by atomic mass is 9.50. The van der Waals surface area contributed by atoms with Gasteiger partial charge >= 0.3 is 0 Å². The van der Waals surface area contributed by atoms with Crippen LogP contribution in [0.25, 0.3) is 0 Å². The fourth-order valence-corrected chi connectivity index (χ4v) is 13.1. The summed E-state index contributed by atoms with van der Waals surface area (Å²) in [5.41, 5.74) is 0.591. The molecule has 0 aromatic carbocycles. The second-order valence-corrected chi connectivity index (χ2v) is 25.4. The van der Waals surface area contributed by atoms with Crippen LogP contribution >= 0.6 is 8.13 Å². The van der Waals surface area contributed by atoms with Crippen molar-refractivity contribution < 1.29 is 4.43 Å². The van der Waals surface area contributed by atoms with E-state index in [1.54, 1.807) is 19.3 Å². The van der Waals surface area contributed by atoms with Crippen LogP contribution in [0.4, 0.5) is 0 Å². The van der Waals surface area contributed by atoms with Crippen LogP contribution in [-0.2, 0) is 4.43 Å². The van der Waals surface area contributed by atoms with E-state index in [0.29, 0.717) is 11.3 Å². The molecule has 4 aliphatic rings. The summed E-state index contributed by atoms with van der Waals surface area (Å²) in [5, 5.41) is 0. The highest BCUT2D eigenvalue weighted by Gasteiger charge is 2.55. The summed E-state index contributed by atoms with van der Waals surface area (Å²) in [7, 11) is -1.39. The molecule has 0 radical (unpaired) electrons. The molecule has 2 atom stereocenters. The standard InChI is InChI=1S/C17H35OPSi2/c1-20(2,3)18-16(19-21(4,5)6)17-10-13-7-14(11-17)9-15(8-13)12-17/h13-16,19H,7-12H2,1-6H3. The Kier molecular flexibility index (Phi) is 4.31. The van der Waals surface area contributed by atoms with Gasteiger partial charge in [0, 0.05) is 0 Å². The van der Waals surface area contributed by atoms with Crippen molar-refractivity contribution in [3.05, 3.63) is 0 Å². The lowest BCUT2D eigenvalue weighted by molar-refractivity contribution is -0.0875. The first-order valence-electron chi connectivity index (χ1n) is 9.00. The van der Waals surface area contributed by atoms with Gasteiger partial charge in [0.15, 0.2) is 8.32 Å². The first kappa shape index (κ1) is 16.7. The fourth-order valence-electron chi connectivity index (χ4n) is 5.55. The molecule has 0 heterocycles. The van der Waals surface area contributed by atoms with Gasteiger partial charge in [-0.3, -0.25) is 0 Å². The third-order valence-corrected chi connectivity index (χ3v) is 12.1. The molecule has 4 aliphatic carbocycles. The Bertz CT molecular complexity index is 345. The van der Waals surface area contributed by atoms with E-state index in [4.69, 9.17) is 4.43 Å². The maximum absolute atomic E-state index is 6.88. The Morgan fingerprint density at radius 1 is 0.857 bits per heavy atom. The molecule has 4 fully saturated rings. The van der Waals surface area contributed by atoms with Gasteiger partial charge < -0.3 is 4.43 Å². The Labute approximate surface area is 135 Å². The lowest BCUT2D eigenvalue weighted by Gasteiger charge is -2.60. The zero-order chi connectivity index (χ0) is 15.5.